The third kappa shape index (κ3) is 4.42. The van der Waals surface area contributed by atoms with Gasteiger partial charge in [0.15, 0.2) is 6.61 Å². The molecule has 0 saturated heterocycles. The molecular weight excluding hydrogens is 344 g/mol. The van der Waals surface area contributed by atoms with E-state index in [1.165, 1.54) is 31.4 Å². The summed E-state index contributed by atoms with van der Waals surface area (Å²) in [6, 6.07) is 7.17. The lowest BCUT2D eigenvalue weighted by molar-refractivity contribution is -0.119. The molecule has 0 aliphatic carbocycles. The normalized spacial score (nSPS) is 10.2. The standard InChI is InChI=1S/C16H12ClF2NO4/c1-23-10-3-4-11(13(19)7-10)16(22)24-8-15(21)20-14-6-9(17)2-5-12(14)18/h2-7H,8H2,1H3,(H,20,21). The molecule has 0 unspecified atom stereocenters. The van der Waals surface area contributed by atoms with Crippen LogP contribution in [-0.4, -0.2) is 25.6 Å². The predicted octanol–water partition coefficient (Wildman–Crippen LogP) is 3.42. The van der Waals surface area contributed by atoms with Gasteiger partial charge in [0.2, 0.25) is 0 Å². The number of nitrogens with one attached hydrogen (secondary N) is 1. The molecule has 0 aromatic heterocycles. The number of benzene rings is 2. The summed E-state index contributed by atoms with van der Waals surface area (Å²) in [5, 5.41) is 2.43. The number of amides is 1. The zero-order chi connectivity index (χ0) is 17.7. The van der Waals surface area contributed by atoms with Crippen LogP contribution in [0.1, 0.15) is 10.4 Å². The first kappa shape index (κ1) is 17.7. The van der Waals surface area contributed by atoms with Gasteiger partial charge in [0.1, 0.15) is 17.4 Å². The Morgan fingerprint density at radius 1 is 1.12 bits per heavy atom. The molecule has 0 atom stereocenters. The van der Waals surface area contributed by atoms with E-state index in [-0.39, 0.29) is 22.0 Å². The summed E-state index contributed by atoms with van der Waals surface area (Å²) < 4.78 is 36.7. The lowest BCUT2D eigenvalue weighted by Crippen LogP contribution is -2.21. The van der Waals surface area contributed by atoms with Crippen molar-refractivity contribution in [2.24, 2.45) is 0 Å². The van der Waals surface area contributed by atoms with Crippen LogP contribution in [0.15, 0.2) is 36.4 Å². The number of hydrogen-bond donors (Lipinski definition) is 1. The Bertz CT molecular complexity index is 783. The summed E-state index contributed by atoms with van der Waals surface area (Å²) in [4.78, 5) is 23.5. The first-order valence-electron chi connectivity index (χ1n) is 6.66. The zero-order valence-electron chi connectivity index (χ0n) is 12.4. The maximum atomic E-state index is 13.7. The first-order chi connectivity index (χ1) is 11.4. The fourth-order valence-electron chi connectivity index (χ4n) is 1.78. The SMILES string of the molecule is COc1ccc(C(=O)OCC(=O)Nc2cc(Cl)ccc2F)c(F)c1. The highest BCUT2D eigenvalue weighted by molar-refractivity contribution is 6.30. The number of rotatable bonds is 5. The number of halogens is 3. The predicted molar refractivity (Wildman–Crippen MR) is 83.3 cm³/mol. The second-order valence-electron chi connectivity index (χ2n) is 4.59. The van der Waals surface area contributed by atoms with E-state index in [0.717, 1.165) is 12.1 Å². The Morgan fingerprint density at radius 2 is 1.88 bits per heavy atom. The van der Waals surface area contributed by atoms with Crippen LogP contribution in [0.25, 0.3) is 0 Å². The summed E-state index contributed by atoms with van der Waals surface area (Å²) in [7, 11) is 1.35. The van der Waals surface area contributed by atoms with E-state index in [2.05, 4.69) is 5.32 Å². The Kier molecular flexibility index (Phi) is 5.70. The molecule has 0 spiro atoms. The van der Waals surface area contributed by atoms with Gasteiger partial charge in [0, 0.05) is 11.1 Å². The van der Waals surface area contributed by atoms with Crippen molar-refractivity contribution in [2.75, 3.05) is 19.0 Å². The van der Waals surface area contributed by atoms with Crippen LogP contribution in [-0.2, 0) is 9.53 Å². The highest BCUT2D eigenvalue weighted by atomic mass is 35.5. The van der Waals surface area contributed by atoms with E-state index in [4.69, 9.17) is 21.1 Å². The van der Waals surface area contributed by atoms with Crippen LogP contribution in [0.2, 0.25) is 5.02 Å². The molecule has 0 radical (unpaired) electrons. The number of anilines is 1. The molecule has 2 aromatic rings. The smallest absolute Gasteiger partial charge is 0.341 e. The minimum Gasteiger partial charge on any atom is -0.497 e. The summed E-state index contributed by atoms with van der Waals surface area (Å²) in [5.74, 6) is -3.13. The monoisotopic (exact) mass is 355 g/mol. The molecule has 2 rings (SSSR count). The van der Waals surface area contributed by atoms with E-state index in [1.54, 1.807) is 0 Å². The molecule has 0 aliphatic heterocycles. The minimum absolute atomic E-state index is 0.154. The second kappa shape index (κ2) is 7.74. The molecule has 0 fully saturated rings. The molecule has 24 heavy (non-hydrogen) atoms. The van der Waals surface area contributed by atoms with Crippen molar-refractivity contribution >= 4 is 29.2 Å². The van der Waals surface area contributed by atoms with Gasteiger partial charge in [0.05, 0.1) is 18.4 Å². The van der Waals surface area contributed by atoms with Gasteiger partial charge in [-0.25, -0.2) is 13.6 Å². The Labute approximate surface area is 141 Å². The molecule has 8 heteroatoms. The van der Waals surface area contributed by atoms with Crippen LogP contribution in [0, 0.1) is 11.6 Å². The average Bonchev–Trinajstić information content (AvgIpc) is 2.55. The number of hydrogen-bond acceptors (Lipinski definition) is 4. The van der Waals surface area contributed by atoms with Crippen LogP contribution >= 0.6 is 11.6 Å². The summed E-state index contributed by atoms with van der Waals surface area (Å²) in [6.45, 7) is -0.712. The quantitative estimate of drug-likeness (QED) is 0.835. The van der Waals surface area contributed by atoms with Gasteiger partial charge in [-0.15, -0.1) is 0 Å². The summed E-state index contributed by atoms with van der Waals surface area (Å²) >= 11 is 5.69. The Balaban J connectivity index is 1.96. The van der Waals surface area contributed by atoms with E-state index in [9.17, 15) is 18.4 Å². The van der Waals surface area contributed by atoms with Crippen LogP contribution in [0.5, 0.6) is 5.75 Å². The van der Waals surface area contributed by atoms with Crippen LogP contribution < -0.4 is 10.1 Å². The third-order valence-electron chi connectivity index (χ3n) is 2.93. The van der Waals surface area contributed by atoms with Crippen molar-refractivity contribution < 1.29 is 27.8 Å². The maximum Gasteiger partial charge on any atom is 0.341 e. The molecule has 2 aromatic carbocycles. The number of ether oxygens (including phenoxy) is 2. The highest BCUT2D eigenvalue weighted by Gasteiger charge is 2.16. The van der Waals surface area contributed by atoms with Gasteiger partial charge in [0.25, 0.3) is 5.91 Å². The Morgan fingerprint density at radius 3 is 2.54 bits per heavy atom. The Hall–Kier alpha value is -2.67. The lowest BCUT2D eigenvalue weighted by atomic mass is 10.2. The second-order valence-corrected chi connectivity index (χ2v) is 5.03. The van der Waals surface area contributed by atoms with Crippen LogP contribution in [0.3, 0.4) is 0 Å². The molecule has 0 aliphatic rings. The van der Waals surface area contributed by atoms with Crippen molar-refractivity contribution in [3.05, 3.63) is 58.6 Å². The van der Waals surface area contributed by atoms with Gasteiger partial charge in [-0.1, -0.05) is 11.6 Å². The van der Waals surface area contributed by atoms with Gasteiger partial charge < -0.3 is 14.8 Å². The fraction of sp³-hybridized carbons (Fsp3) is 0.125. The highest BCUT2D eigenvalue weighted by Crippen LogP contribution is 2.20. The lowest BCUT2D eigenvalue weighted by Gasteiger charge is -2.08. The summed E-state index contributed by atoms with van der Waals surface area (Å²) in [6.07, 6.45) is 0. The molecular formula is C16H12ClF2NO4. The first-order valence-corrected chi connectivity index (χ1v) is 7.04. The van der Waals surface area contributed by atoms with Crippen molar-refractivity contribution in [3.8, 4) is 5.75 Å². The number of carbonyl (C=O) groups excluding carboxylic acids is 2. The minimum atomic E-state index is -1.03. The molecule has 1 N–H and O–H groups in total. The molecule has 0 heterocycles. The third-order valence-corrected chi connectivity index (χ3v) is 3.17. The maximum absolute atomic E-state index is 13.7. The van der Waals surface area contributed by atoms with E-state index < -0.39 is 30.1 Å². The van der Waals surface area contributed by atoms with Crippen molar-refractivity contribution in [2.45, 2.75) is 0 Å². The molecule has 0 saturated carbocycles. The molecule has 5 nitrogen and oxygen atoms in total. The number of esters is 1. The van der Waals surface area contributed by atoms with Gasteiger partial charge in [-0.05, 0) is 30.3 Å². The number of methoxy groups -OCH3 is 1. The summed E-state index contributed by atoms with van der Waals surface area (Å²) in [5.41, 5.74) is -0.503. The average molecular weight is 356 g/mol. The van der Waals surface area contributed by atoms with Gasteiger partial charge >= 0.3 is 5.97 Å². The van der Waals surface area contributed by atoms with Gasteiger partial charge in [-0.2, -0.15) is 0 Å². The van der Waals surface area contributed by atoms with Crippen molar-refractivity contribution in [1.29, 1.82) is 0 Å². The van der Waals surface area contributed by atoms with E-state index in [0.29, 0.717) is 0 Å². The zero-order valence-corrected chi connectivity index (χ0v) is 13.2. The van der Waals surface area contributed by atoms with Crippen molar-refractivity contribution in [1.82, 2.24) is 0 Å². The van der Waals surface area contributed by atoms with Crippen molar-refractivity contribution in [3.63, 3.8) is 0 Å². The van der Waals surface area contributed by atoms with E-state index in [1.807, 2.05) is 0 Å². The van der Waals surface area contributed by atoms with Gasteiger partial charge in [-0.3, -0.25) is 4.79 Å². The topological polar surface area (TPSA) is 64.6 Å². The molecule has 0 bridgehead atoms. The molecule has 1 amide bonds. The van der Waals surface area contributed by atoms with E-state index >= 15 is 0 Å². The number of carbonyl (C=O) groups is 2. The van der Waals surface area contributed by atoms with Crippen LogP contribution in [0.4, 0.5) is 14.5 Å². The molecule has 126 valence electrons. The fourth-order valence-corrected chi connectivity index (χ4v) is 1.95. The largest absolute Gasteiger partial charge is 0.497 e.